The van der Waals surface area contributed by atoms with E-state index in [1.165, 1.54) is 0 Å². The number of ether oxygens (including phenoxy) is 1. The normalized spacial score (nSPS) is 41.6. The van der Waals surface area contributed by atoms with Gasteiger partial charge in [-0.05, 0) is 25.8 Å². The highest BCUT2D eigenvalue weighted by molar-refractivity contribution is 6.19. The van der Waals surface area contributed by atoms with Crippen LogP contribution in [-0.4, -0.2) is 30.0 Å². The second-order valence-corrected chi connectivity index (χ2v) is 5.09. The Labute approximate surface area is 93.2 Å². The predicted octanol–water partition coefficient (Wildman–Crippen LogP) is -0.316. The van der Waals surface area contributed by atoms with Gasteiger partial charge in [0.2, 0.25) is 0 Å². The van der Waals surface area contributed by atoms with Gasteiger partial charge in [0.15, 0.2) is 5.76 Å². The number of hydrogen-bond acceptors (Lipinski definition) is 4. The summed E-state index contributed by atoms with van der Waals surface area (Å²) >= 11 is 0. The number of piperidine rings is 1. The lowest BCUT2D eigenvalue weighted by atomic mass is 9.80. The van der Waals surface area contributed by atoms with E-state index >= 15 is 0 Å². The van der Waals surface area contributed by atoms with E-state index in [2.05, 4.69) is 17.6 Å². The van der Waals surface area contributed by atoms with Gasteiger partial charge in [-0.25, -0.2) is 0 Å². The van der Waals surface area contributed by atoms with Gasteiger partial charge >= 0.3 is 0 Å². The number of nitrogens with one attached hydrogen (secondary N) is 2. The van der Waals surface area contributed by atoms with Crippen LogP contribution in [0, 0.1) is 5.92 Å². The Balaban J connectivity index is 2.00. The molecule has 86 valence electrons. The molecule has 16 heavy (non-hydrogen) atoms. The number of hydrogen-bond donors (Lipinski definition) is 2. The Morgan fingerprint density at radius 3 is 2.88 bits per heavy atom. The molecule has 1 fully saturated rings. The minimum atomic E-state index is -0.449. The molecule has 2 amide bonds. The second-order valence-electron chi connectivity index (χ2n) is 5.09. The van der Waals surface area contributed by atoms with Crippen LogP contribution in [0.5, 0.6) is 0 Å². The lowest BCUT2D eigenvalue weighted by Gasteiger charge is -2.40. The molecule has 2 N–H and O–H groups in total. The van der Waals surface area contributed by atoms with E-state index in [9.17, 15) is 9.59 Å². The van der Waals surface area contributed by atoms with Gasteiger partial charge in [0.05, 0.1) is 11.6 Å². The second kappa shape index (κ2) is 2.85. The van der Waals surface area contributed by atoms with E-state index in [0.717, 1.165) is 13.0 Å². The molecule has 0 aromatic carbocycles. The first-order chi connectivity index (χ1) is 7.51. The van der Waals surface area contributed by atoms with E-state index in [1.807, 2.05) is 6.92 Å². The van der Waals surface area contributed by atoms with Crippen molar-refractivity contribution in [1.82, 2.24) is 10.6 Å². The summed E-state index contributed by atoms with van der Waals surface area (Å²) in [5, 5.41) is 5.56. The van der Waals surface area contributed by atoms with Crippen molar-refractivity contribution in [1.29, 1.82) is 0 Å². The summed E-state index contributed by atoms with van der Waals surface area (Å²) in [6.45, 7) is 4.93. The van der Waals surface area contributed by atoms with Gasteiger partial charge in [0.1, 0.15) is 5.60 Å². The standard InChI is InChI=1S/C11H14N2O3/c1-5-3-11(2)8(12-4-5)6-7(16-11)10(15)13-9(6)14/h5,8,12H,3-4H2,1-2H3,(H,13,14,15)/t5?,8-,11?/m1/s1. The lowest BCUT2D eigenvalue weighted by Crippen LogP contribution is -2.56. The number of carbonyl (C=O) groups excluding carboxylic acids is 2. The first-order valence-corrected chi connectivity index (χ1v) is 5.53. The van der Waals surface area contributed by atoms with E-state index < -0.39 is 11.5 Å². The van der Waals surface area contributed by atoms with Crippen molar-refractivity contribution in [3.8, 4) is 0 Å². The molecular weight excluding hydrogens is 208 g/mol. The molecule has 0 radical (unpaired) electrons. The number of imide groups is 1. The van der Waals surface area contributed by atoms with Gasteiger partial charge in [-0.1, -0.05) is 6.92 Å². The molecular formula is C11H14N2O3. The molecule has 0 aliphatic carbocycles. The number of amides is 2. The number of fused-ring (bicyclic) bond motifs is 2. The fourth-order valence-electron chi connectivity index (χ4n) is 2.97. The summed E-state index contributed by atoms with van der Waals surface area (Å²) in [6.07, 6.45) is 0.859. The summed E-state index contributed by atoms with van der Waals surface area (Å²) in [4.78, 5) is 23.1. The lowest BCUT2D eigenvalue weighted by molar-refractivity contribution is -0.129. The van der Waals surface area contributed by atoms with Crippen molar-refractivity contribution in [2.24, 2.45) is 5.92 Å². The number of rotatable bonds is 0. The first kappa shape index (κ1) is 9.84. The Morgan fingerprint density at radius 2 is 2.12 bits per heavy atom. The first-order valence-electron chi connectivity index (χ1n) is 5.53. The van der Waals surface area contributed by atoms with E-state index in [0.29, 0.717) is 11.5 Å². The van der Waals surface area contributed by atoms with E-state index in [-0.39, 0.29) is 17.7 Å². The molecule has 5 nitrogen and oxygen atoms in total. The van der Waals surface area contributed by atoms with Crippen LogP contribution in [0.3, 0.4) is 0 Å². The van der Waals surface area contributed by atoms with Gasteiger partial charge in [0.25, 0.3) is 11.8 Å². The SMILES string of the molecule is CC1CN[C@@H]2C3=C(OC2(C)C1)C(=O)NC3=O. The maximum Gasteiger partial charge on any atom is 0.293 e. The van der Waals surface area contributed by atoms with Gasteiger partial charge in [-0.3, -0.25) is 14.9 Å². The molecule has 0 saturated carbocycles. The average Bonchev–Trinajstić information content (AvgIpc) is 2.61. The Kier molecular flexibility index (Phi) is 1.75. The molecule has 5 heteroatoms. The Hall–Kier alpha value is -1.36. The molecule has 3 heterocycles. The zero-order valence-corrected chi connectivity index (χ0v) is 9.29. The zero-order chi connectivity index (χ0) is 11.5. The van der Waals surface area contributed by atoms with Crippen LogP contribution in [0.25, 0.3) is 0 Å². The summed E-state index contributed by atoms with van der Waals surface area (Å²) in [5.41, 5.74) is 0.0369. The topological polar surface area (TPSA) is 67.4 Å². The van der Waals surface area contributed by atoms with Gasteiger partial charge < -0.3 is 10.1 Å². The molecule has 3 atom stereocenters. The van der Waals surface area contributed by atoms with Gasteiger partial charge in [0, 0.05) is 0 Å². The molecule has 1 saturated heterocycles. The molecule has 3 aliphatic heterocycles. The molecule has 0 aromatic heterocycles. The molecule has 0 spiro atoms. The summed E-state index contributed by atoms with van der Waals surface area (Å²) in [6, 6.07) is -0.148. The van der Waals surface area contributed by atoms with Gasteiger partial charge in [-0.2, -0.15) is 0 Å². The van der Waals surface area contributed by atoms with Crippen LogP contribution in [0.2, 0.25) is 0 Å². The van der Waals surface area contributed by atoms with E-state index in [1.54, 1.807) is 0 Å². The van der Waals surface area contributed by atoms with Crippen LogP contribution < -0.4 is 10.6 Å². The van der Waals surface area contributed by atoms with Crippen molar-refractivity contribution in [2.75, 3.05) is 6.54 Å². The van der Waals surface area contributed by atoms with Crippen molar-refractivity contribution in [2.45, 2.75) is 31.9 Å². The van der Waals surface area contributed by atoms with Crippen LogP contribution in [0.4, 0.5) is 0 Å². The highest BCUT2D eigenvalue weighted by Crippen LogP contribution is 2.42. The number of carbonyl (C=O) groups is 2. The van der Waals surface area contributed by atoms with E-state index in [4.69, 9.17) is 4.74 Å². The summed E-state index contributed by atoms with van der Waals surface area (Å²) in [5.74, 6) is -0.000559. The highest BCUT2D eigenvalue weighted by Gasteiger charge is 2.55. The highest BCUT2D eigenvalue weighted by atomic mass is 16.5. The molecule has 3 aliphatic rings. The summed E-state index contributed by atoms with van der Waals surface area (Å²) in [7, 11) is 0. The molecule has 3 rings (SSSR count). The Bertz CT molecular complexity index is 429. The minimum Gasteiger partial charge on any atom is -0.479 e. The maximum atomic E-state index is 11.6. The van der Waals surface area contributed by atoms with Crippen LogP contribution in [-0.2, 0) is 14.3 Å². The van der Waals surface area contributed by atoms with Crippen LogP contribution >= 0.6 is 0 Å². The van der Waals surface area contributed by atoms with Crippen molar-refractivity contribution < 1.29 is 14.3 Å². The van der Waals surface area contributed by atoms with Crippen LogP contribution in [0.1, 0.15) is 20.3 Å². The third kappa shape index (κ3) is 1.09. The molecule has 0 aromatic rings. The fourth-order valence-corrected chi connectivity index (χ4v) is 2.97. The quantitative estimate of drug-likeness (QED) is 0.551. The third-order valence-corrected chi connectivity index (χ3v) is 3.58. The van der Waals surface area contributed by atoms with Crippen molar-refractivity contribution in [3.05, 3.63) is 11.3 Å². The monoisotopic (exact) mass is 222 g/mol. The Morgan fingerprint density at radius 1 is 1.38 bits per heavy atom. The molecule has 2 unspecified atom stereocenters. The van der Waals surface area contributed by atoms with Crippen LogP contribution in [0.15, 0.2) is 11.3 Å². The fraction of sp³-hybridized carbons (Fsp3) is 0.636. The van der Waals surface area contributed by atoms with Gasteiger partial charge in [-0.15, -0.1) is 0 Å². The predicted molar refractivity (Wildman–Crippen MR) is 55.2 cm³/mol. The minimum absolute atomic E-state index is 0.148. The van der Waals surface area contributed by atoms with Crippen molar-refractivity contribution >= 4 is 11.8 Å². The maximum absolute atomic E-state index is 11.6. The largest absolute Gasteiger partial charge is 0.479 e. The summed E-state index contributed by atoms with van der Waals surface area (Å²) < 4.78 is 5.71. The third-order valence-electron chi connectivity index (χ3n) is 3.58. The zero-order valence-electron chi connectivity index (χ0n) is 9.29. The molecule has 0 bridgehead atoms. The smallest absolute Gasteiger partial charge is 0.293 e. The average molecular weight is 222 g/mol. The van der Waals surface area contributed by atoms with Crippen molar-refractivity contribution in [3.63, 3.8) is 0 Å².